The molecule has 0 saturated carbocycles. The summed E-state index contributed by atoms with van der Waals surface area (Å²) in [6.45, 7) is 0.446. The van der Waals surface area contributed by atoms with Crippen LogP contribution in [0.2, 0.25) is 0 Å². The fourth-order valence-electron chi connectivity index (χ4n) is 3.78. The third-order valence-electron chi connectivity index (χ3n) is 5.27. The van der Waals surface area contributed by atoms with Gasteiger partial charge in [-0.2, -0.15) is 0 Å². The second-order valence-corrected chi connectivity index (χ2v) is 7.16. The van der Waals surface area contributed by atoms with Gasteiger partial charge in [0.05, 0.1) is 23.6 Å². The number of hydrogen-bond donors (Lipinski definition) is 4. The van der Waals surface area contributed by atoms with Crippen molar-refractivity contribution in [2.24, 2.45) is 0 Å². The van der Waals surface area contributed by atoms with Gasteiger partial charge in [-0.3, -0.25) is 0 Å². The lowest BCUT2D eigenvalue weighted by molar-refractivity contribution is -0.0789. The molecule has 1 aliphatic heterocycles. The van der Waals surface area contributed by atoms with E-state index in [4.69, 9.17) is 16.2 Å². The van der Waals surface area contributed by atoms with Gasteiger partial charge in [0, 0.05) is 31.8 Å². The highest BCUT2D eigenvalue weighted by Gasteiger charge is 2.33. The number of aromatic nitrogens is 4. The summed E-state index contributed by atoms with van der Waals surface area (Å²) in [5.74, 6) is 0.849. The van der Waals surface area contributed by atoms with E-state index < -0.39 is 12.2 Å². The van der Waals surface area contributed by atoms with Gasteiger partial charge in [-0.1, -0.05) is 6.07 Å². The van der Waals surface area contributed by atoms with Crippen molar-refractivity contribution in [3.63, 3.8) is 0 Å². The van der Waals surface area contributed by atoms with Crippen molar-refractivity contribution >= 4 is 22.7 Å². The number of hydrogen-bond acceptors (Lipinski definition) is 8. The quantitative estimate of drug-likeness (QED) is 0.516. The lowest BCUT2D eigenvalue weighted by atomic mass is 9.94. The minimum atomic E-state index is -0.956. The van der Waals surface area contributed by atoms with E-state index in [0.717, 1.165) is 10.9 Å². The first-order chi connectivity index (χ1) is 13.5. The van der Waals surface area contributed by atoms with E-state index in [0.29, 0.717) is 43.2 Å². The molecule has 0 unspecified atom stereocenters. The molecule has 0 bridgehead atoms. The van der Waals surface area contributed by atoms with Gasteiger partial charge in [-0.25, -0.2) is 15.0 Å². The Hall–Kier alpha value is -2.75. The van der Waals surface area contributed by atoms with E-state index in [-0.39, 0.29) is 12.1 Å². The first kappa shape index (κ1) is 18.6. The summed E-state index contributed by atoms with van der Waals surface area (Å²) in [7, 11) is 0. The molecule has 4 heterocycles. The molecule has 4 rings (SSSR count). The lowest BCUT2D eigenvalue weighted by Crippen LogP contribution is -2.41. The molecule has 0 aromatic carbocycles. The Morgan fingerprint density at radius 1 is 1.14 bits per heavy atom. The standard InChI is InChI=1S/C19H24N6O3/c20-16-2-1-11(9-22-16)7-12-8-15(26)17(27)14(4-6-28-12)25-5-3-13-18(21)23-10-24-19(13)25/h1-3,5,9-10,12,14-15,17,26-27H,4,6-8H2,(H2,20,22)(H2,21,23,24)/t12-,14+,15+,17-/m0/s1. The molecule has 0 spiro atoms. The highest BCUT2D eigenvalue weighted by atomic mass is 16.5. The van der Waals surface area contributed by atoms with Crippen LogP contribution in [0.1, 0.15) is 24.4 Å². The molecule has 1 saturated heterocycles. The molecule has 9 heteroatoms. The summed E-state index contributed by atoms with van der Waals surface area (Å²) in [4.78, 5) is 12.4. The van der Waals surface area contributed by atoms with Crippen LogP contribution in [0.4, 0.5) is 11.6 Å². The fourth-order valence-corrected chi connectivity index (χ4v) is 3.78. The lowest BCUT2D eigenvalue weighted by Gasteiger charge is -2.33. The van der Waals surface area contributed by atoms with Gasteiger partial charge in [-0.15, -0.1) is 0 Å². The number of aliphatic hydroxyl groups excluding tert-OH is 2. The van der Waals surface area contributed by atoms with Crippen LogP contribution in [-0.2, 0) is 11.2 Å². The van der Waals surface area contributed by atoms with Crippen molar-refractivity contribution in [2.45, 2.75) is 43.6 Å². The van der Waals surface area contributed by atoms with Crippen LogP contribution in [0, 0.1) is 0 Å². The monoisotopic (exact) mass is 384 g/mol. The van der Waals surface area contributed by atoms with E-state index in [1.54, 1.807) is 12.3 Å². The molecular weight excluding hydrogens is 360 g/mol. The van der Waals surface area contributed by atoms with Crippen LogP contribution in [0.3, 0.4) is 0 Å². The SMILES string of the molecule is Nc1ccc(C[C@H]2C[C@@H](O)[C@@H](O)[C@H](n3ccc4c(N)ncnc43)CCO2)cn1. The summed E-state index contributed by atoms with van der Waals surface area (Å²) in [6, 6.07) is 5.08. The molecule has 1 fully saturated rings. The maximum absolute atomic E-state index is 10.8. The smallest absolute Gasteiger partial charge is 0.145 e. The average molecular weight is 384 g/mol. The Labute approximate surface area is 162 Å². The first-order valence-corrected chi connectivity index (χ1v) is 9.28. The summed E-state index contributed by atoms with van der Waals surface area (Å²) in [5.41, 5.74) is 13.1. The zero-order chi connectivity index (χ0) is 19.7. The van der Waals surface area contributed by atoms with Gasteiger partial charge < -0.3 is 31.0 Å². The number of anilines is 2. The molecular formula is C19H24N6O3. The van der Waals surface area contributed by atoms with E-state index in [9.17, 15) is 10.2 Å². The minimum absolute atomic E-state index is 0.213. The third-order valence-corrected chi connectivity index (χ3v) is 5.27. The predicted octanol–water partition coefficient (Wildman–Crippen LogP) is 0.675. The highest BCUT2D eigenvalue weighted by molar-refractivity contribution is 5.86. The largest absolute Gasteiger partial charge is 0.390 e. The molecule has 0 radical (unpaired) electrons. The van der Waals surface area contributed by atoms with Crippen molar-refractivity contribution in [1.82, 2.24) is 19.5 Å². The zero-order valence-corrected chi connectivity index (χ0v) is 15.3. The number of ether oxygens (including phenoxy) is 1. The van der Waals surface area contributed by atoms with Crippen molar-refractivity contribution in [2.75, 3.05) is 18.1 Å². The normalized spacial score (nSPS) is 26.1. The van der Waals surface area contributed by atoms with Crippen LogP contribution in [0.25, 0.3) is 11.0 Å². The van der Waals surface area contributed by atoms with E-state index >= 15 is 0 Å². The Morgan fingerprint density at radius 3 is 2.79 bits per heavy atom. The second-order valence-electron chi connectivity index (χ2n) is 7.16. The maximum Gasteiger partial charge on any atom is 0.145 e. The molecule has 28 heavy (non-hydrogen) atoms. The Bertz CT molecular complexity index is 944. The van der Waals surface area contributed by atoms with E-state index in [1.807, 2.05) is 22.9 Å². The van der Waals surface area contributed by atoms with Crippen LogP contribution >= 0.6 is 0 Å². The van der Waals surface area contributed by atoms with Crippen LogP contribution in [-0.4, -0.2) is 54.7 Å². The topological polar surface area (TPSA) is 145 Å². The number of nitrogens with two attached hydrogens (primary N) is 2. The summed E-state index contributed by atoms with van der Waals surface area (Å²) >= 11 is 0. The van der Waals surface area contributed by atoms with Gasteiger partial charge in [0.1, 0.15) is 29.7 Å². The summed E-state index contributed by atoms with van der Waals surface area (Å²) in [6.07, 6.45) is 4.26. The summed E-state index contributed by atoms with van der Waals surface area (Å²) < 4.78 is 7.84. The molecule has 0 aliphatic carbocycles. The molecule has 3 aromatic heterocycles. The third kappa shape index (κ3) is 3.64. The minimum Gasteiger partial charge on any atom is -0.390 e. The molecule has 4 atom stereocenters. The maximum atomic E-state index is 10.8. The van der Waals surface area contributed by atoms with Crippen LogP contribution in [0.5, 0.6) is 0 Å². The van der Waals surface area contributed by atoms with Crippen molar-refractivity contribution in [1.29, 1.82) is 0 Å². The number of aliphatic hydroxyl groups is 2. The molecule has 9 nitrogen and oxygen atoms in total. The number of pyridine rings is 1. The molecule has 0 amide bonds. The van der Waals surface area contributed by atoms with Gasteiger partial charge in [0.25, 0.3) is 0 Å². The fraction of sp³-hybridized carbons (Fsp3) is 0.421. The van der Waals surface area contributed by atoms with Crippen LogP contribution < -0.4 is 11.5 Å². The number of rotatable bonds is 3. The van der Waals surface area contributed by atoms with Crippen LogP contribution in [0.15, 0.2) is 36.9 Å². The molecule has 3 aromatic rings. The van der Waals surface area contributed by atoms with Gasteiger partial charge in [0.15, 0.2) is 0 Å². The highest BCUT2D eigenvalue weighted by Crippen LogP contribution is 2.30. The molecule has 6 N–H and O–H groups in total. The second kappa shape index (κ2) is 7.70. The van der Waals surface area contributed by atoms with Crippen molar-refractivity contribution in [3.8, 4) is 0 Å². The number of nitrogen functional groups attached to an aromatic ring is 2. The first-order valence-electron chi connectivity index (χ1n) is 9.28. The Balaban J connectivity index is 1.51. The van der Waals surface area contributed by atoms with Gasteiger partial charge >= 0.3 is 0 Å². The average Bonchev–Trinajstić information content (AvgIpc) is 3.10. The van der Waals surface area contributed by atoms with E-state index in [2.05, 4.69) is 15.0 Å². The predicted molar refractivity (Wildman–Crippen MR) is 104 cm³/mol. The molecule has 148 valence electrons. The van der Waals surface area contributed by atoms with Gasteiger partial charge in [0.2, 0.25) is 0 Å². The van der Waals surface area contributed by atoms with E-state index in [1.165, 1.54) is 6.33 Å². The Kier molecular flexibility index (Phi) is 5.12. The molecule has 1 aliphatic rings. The number of fused-ring (bicyclic) bond motifs is 1. The van der Waals surface area contributed by atoms with Crippen molar-refractivity contribution in [3.05, 3.63) is 42.5 Å². The van der Waals surface area contributed by atoms with Crippen molar-refractivity contribution < 1.29 is 14.9 Å². The van der Waals surface area contributed by atoms with Gasteiger partial charge in [-0.05, 0) is 24.1 Å². The summed E-state index contributed by atoms with van der Waals surface area (Å²) in [5, 5.41) is 22.2. The number of nitrogens with zero attached hydrogens (tertiary/aromatic N) is 4. The zero-order valence-electron chi connectivity index (χ0n) is 15.3. The Morgan fingerprint density at radius 2 is 2.00 bits per heavy atom.